The number of hydrogen-bond donors (Lipinski definition) is 0. The molecule has 1 aliphatic heterocycles. The van der Waals surface area contributed by atoms with Crippen molar-refractivity contribution in [1.29, 1.82) is 0 Å². The average Bonchev–Trinajstić information content (AvgIpc) is 2.21. The largest absolute Gasteiger partial charge is 0.435 e. The SMILES string of the molecule is [c]1ccccc1OC1=CCC=CO1. The highest BCUT2D eigenvalue weighted by Crippen LogP contribution is 2.15. The molecule has 0 bridgehead atoms. The predicted octanol–water partition coefficient (Wildman–Crippen LogP) is 2.64. The van der Waals surface area contributed by atoms with Gasteiger partial charge in [-0.2, -0.15) is 0 Å². The van der Waals surface area contributed by atoms with E-state index in [2.05, 4.69) is 6.07 Å². The fourth-order valence-corrected chi connectivity index (χ4v) is 0.998. The van der Waals surface area contributed by atoms with Gasteiger partial charge in [-0.15, -0.1) is 0 Å². The standard InChI is InChI=1S/C11H9O2/c1-2-6-10(7-3-1)13-11-8-4-5-9-12-11/h1-3,5-6,8-9H,4H2. The number of allylic oxidation sites excluding steroid dienone is 2. The van der Waals surface area contributed by atoms with Crippen LogP contribution >= 0.6 is 0 Å². The van der Waals surface area contributed by atoms with Crippen LogP contribution in [-0.2, 0) is 4.74 Å². The maximum atomic E-state index is 5.39. The second-order valence-corrected chi connectivity index (χ2v) is 2.58. The summed E-state index contributed by atoms with van der Waals surface area (Å²) in [6, 6.07) is 10.4. The van der Waals surface area contributed by atoms with E-state index in [1.54, 1.807) is 12.3 Å². The molecule has 2 heteroatoms. The molecule has 1 radical (unpaired) electrons. The van der Waals surface area contributed by atoms with Crippen LogP contribution in [0.15, 0.2) is 48.6 Å². The molecule has 2 nitrogen and oxygen atoms in total. The smallest absolute Gasteiger partial charge is 0.285 e. The molecule has 13 heavy (non-hydrogen) atoms. The zero-order valence-corrected chi connectivity index (χ0v) is 7.07. The molecule has 0 saturated carbocycles. The third-order valence-electron chi connectivity index (χ3n) is 1.59. The average molecular weight is 173 g/mol. The first-order chi connectivity index (χ1) is 6.45. The van der Waals surface area contributed by atoms with Crippen molar-refractivity contribution in [1.82, 2.24) is 0 Å². The van der Waals surface area contributed by atoms with E-state index in [-0.39, 0.29) is 0 Å². The summed E-state index contributed by atoms with van der Waals surface area (Å²) in [4.78, 5) is 0. The highest BCUT2D eigenvalue weighted by atomic mass is 16.7. The molecular weight excluding hydrogens is 164 g/mol. The normalized spacial score (nSPS) is 14.6. The molecule has 0 aliphatic carbocycles. The monoisotopic (exact) mass is 173 g/mol. The number of ether oxygens (including phenoxy) is 2. The highest BCUT2D eigenvalue weighted by molar-refractivity contribution is 5.21. The van der Waals surface area contributed by atoms with Crippen LogP contribution in [0, 0.1) is 6.07 Å². The summed E-state index contributed by atoms with van der Waals surface area (Å²) in [7, 11) is 0. The van der Waals surface area contributed by atoms with Crippen molar-refractivity contribution in [3.8, 4) is 5.75 Å². The number of para-hydroxylation sites is 1. The summed E-state index contributed by atoms with van der Waals surface area (Å²) in [6.45, 7) is 0. The van der Waals surface area contributed by atoms with Gasteiger partial charge >= 0.3 is 0 Å². The van der Waals surface area contributed by atoms with Gasteiger partial charge in [-0.3, -0.25) is 0 Å². The maximum Gasteiger partial charge on any atom is 0.285 e. The summed E-state index contributed by atoms with van der Waals surface area (Å²) in [5, 5.41) is 0. The predicted molar refractivity (Wildman–Crippen MR) is 48.8 cm³/mol. The van der Waals surface area contributed by atoms with E-state index < -0.39 is 0 Å². The summed E-state index contributed by atoms with van der Waals surface area (Å²) in [6.07, 6.45) is 6.27. The van der Waals surface area contributed by atoms with Crippen LogP contribution in [0.3, 0.4) is 0 Å². The Morgan fingerprint density at radius 3 is 3.08 bits per heavy atom. The van der Waals surface area contributed by atoms with Crippen molar-refractivity contribution in [2.45, 2.75) is 6.42 Å². The van der Waals surface area contributed by atoms with Crippen molar-refractivity contribution < 1.29 is 9.47 Å². The molecule has 1 aromatic carbocycles. The Morgan fingerprint density at radius 1 is 1.38 bits per heavy atom. The Balaban J connectivity index is 2.02. The Hall–Kier alpha value is -1.70. The van der Waals surface area contributed by atoms with Gasteiger partial charge in [-0.1, -0.05) is 18.2 Å². The summed E-state index contributed by atoms with van der Waals surface area (Å²) in [5.41, 5.74) is 0. The van der Waals surface area contributed by atoms with Crippen LogP contribution in [0.25, 0.3) is 0 Å². The Labute approximate surface area is 77.1 Å². The molecular formula is C11H9O2. The zero-order valence-electron chi connectivity index (χ0n) is 7.07. The lowest BCUT2D eigenvalue weighted by Gasteiger charge is -2.10. The third-order valence-corrected chi connectivity index (χ3v) is 1.59. The maximum absolute atomic E-state index is 5.39. The van der Waals surface area contributed by atoms with Crippen molar-refractivity contribution in [3.63, 3.8) is 0 Å². The van der Waals surface area contributed by atoms with E-state index in [0.29, 0.717) is 11.7 Å². The molecule has 0 atom stereocenters. The van der Waals surface area contributed by atoms with Crippen LogP contribution in [0.5, 0.6) is 5.75 Å². The van der Waals surface area contributed by atoms with Crippen molar-refractivity contribution in [2.75, 3.05) is 0 Å². The molecule has 0 aromatic heterocycles. The minimum Gasteiger partial charge on any atom is -0.435 e. The van der Waals surface area contributed by atoms with Gasteiger partial charge in [0.25, 0.3) is 5.95 Å². The Kier molecular flexibility index (Phi) is 2.32. The fraction of sp³-hybridized carbons (Fsp3) is 0.0909. The van der Waals surface area contributed by atoms with Gasteiger partial charge in [0, 0.05) is 12.1 Å². The summed E-state index contributed by atoms with van der Waals surface area (Å²) < 4.78 is 10.5. The lowest BCUT2D eigenvalue weighted by Crippen LogP contribution is -1.99. The summed E-state index contributed by atoms with van der Waals surface area (Å²) in [5.74, 6) is 1.19. The van der Waals surface area contributed by atoms with Crippen molar-refractivity contribution in [2.24, 2.45) is 0 Å². The third kappa shape index (κ3) is 2.12. The van der Waals surface area contributed by atoms with E-state index in [1.165, 1.54) is 0 Å². The number of hydrogen-bond acceptors (Lipinski definition) is 2. The lowest BCUT2D eigenvalue weighted by atomic mass is 10.3. The zero-order chi connectivity index (χ0) is 8.93. The van der Waals surface area contributed by atoms with E-state index in [1.807, 2.05) is 30.4 Å². The van der Waals surface area contributed by atoms with Gasteiger partial charge in [-0.05, 0) is 18.6 Å². The van der Waals surface area contributed by atoms with Gasteiger partial charge < -0.3 is 9.47 Å². The molecule has 0 amide bonds. The molecule has 2 rings (SSSR count). The van der Waals surface area contributed by atoms with Crippen molar-refractivity contribution in [3.05, 3.63) is 54.7 Å². The van der Waals surface area contributed by atoms with Gasteiger partial charge in [0.1, 0.15) is 5.75 Å². The number of rotatable bonds is 2. The fourth-order valence-electron chi connectivity index (χ4n) is 0.998. The summed E-state index contributed by atoms with van der Waals surface area (Å²) >= 11 is 0. The first-order valence-electron chi connectivity index (χ1n) is 4.11. The molecule has 0 spiro atoms. The van der Waals surface area contributed by atoms with Gasteiger partial charge in [-0.25, -0.2) is 0 Å². The van der Waals surface area contributed by atoms with E-state index in [4.69, 9.17) is 9.47 Å². The van der Waals surface area contributed by atoms with Crippen LogP contribution in [0.4, 0.5) is 0 Å². The van der Waals surface area contributed by atoms with E-state index in [9.17, 15) is 0 Å². The molecule has 1 aliphatic rings. The minimum atomic E-state index is 0.518. The second kappa shape index (κ2) is 3.81. The second-order valence-electron chi connectivity index (χ2n) is 2.58. The Morgan fingerprint density at radius 2 is 2.38 bits per heavy atom. The van der Waals surface area contributed by atoms with E-state index >= 15 is 0 Å². The van der Waals surface area contributed by atoms with Crippen LogP contribution < -0.4 is 4.74 Å². The lowest BCUT2D eigenvalue weighted by molar-refractivity contribution is 0.178. The first kappa shape index (κ1) is 7.92. The molecule has 1 aromatic rings. The molecule has 0 unspecified atom stereocenters. The Bertz CT molecular complexity index is 325. The molecule has 0 fully saturated rings. The first-order valence-corrected chi connectivity index (χ1v) is 4.11. The minimum absolute atomic E-state index is 0.518. The number of benzene rings is 1. The molecule has 1 heterocycles. The molecule has 0 N–H and O–H groups in total. The van der Waals surface area contributed by atoms with Crippen LogP contribution in [0.1, 0.15) is 6.42 Å². The highest BCUT2D eigenvalue weighted by Gasteiger charge is 2.01. The molecule has 65 valence electrons. The molecule has 0 saturated heterocycles. The van der Waals surface area contributed by atoms with Crippen LogP contribution in [0.2, 0.25) is 0 Å². The topological polar surface area (TPSA) is 18.5 Å². The van der Waals surface area contributed by atoms with Gasteiger partial charge in [0.15, 0.2) is 0 Å². The van der Waals surface area contributed by atoms with Crippen molar-refractivity contribution >= 4 is 0 Å². The van der Waals surface area contributed by atoms with Gasteiger partial charge in [0.2, 0.25) is 0 Å². The van der Waals surface area contributed by atoms with Gasteiger partial charge in [0.05, 0.1) is 6.26 Å². The van der Waals surface area contributed by atoms with Crippen LogP contribution in [-0.4, -0.2) is 0 Å². The van der Waals surface area contributed by atoms with E-state index in [0.717, 1.165) is 6.42 Å². The quantitative estimate of drug-likeness (QED) is 0.684.